The number of ether oxygens (including phenoxy) is 2. The molecule has 0 unspecified atom stereocenters. The number of nitrogens with two attached hydrogens (primary N) is 1. The number of rotatable bonds is 6. The SMILES string of the molecule is COc1ccc(C(N)=O)c(OCC(=O)Nc2ccc(Cl)cc2F)c1. The number of hydrogen-bond donors (Lipinski definition) is 2. The Kier molecular flexibility index (Phi) is 5.59. The summed E-state index contributed by atoms with van der Waals surface area (Å²) in [5.74, 6) is -1.48. The Morgan fingerprint density at radius 2 is 2.00 bits per heavy atom. The summed E-state index contributed by atoms with van der Waals surface area (Å²) in [5, 5.41) is 2.55. The second kappa shape index (κ2) is 7.65. The van der Waals surface area contributed by atoms with Gasteiger partial charge in [-0.3, -0.25) is 9.59 Å². The van der Waals surface area contributed by atoms with Crippen molar-refractivity contribution in [3.63, 3.8) is 0 Å². The van der Waals surface area contributed by atoms with Gasteiger partial charge in [0, 0.05) is 11.1 Å². The molecule has 0 aliphatic heterocycles. The number of primary amides is 1. The van der Waals surface area contributed by atoms with E-state index in [0.29, 0.717) is 5.75 Å². The van der Waals surface area contributed by atoms with Gasteiger partial charge in [0.2, 0.25) is 0 Å². The molecule has 0 saturated carbocycles. The summed E-state index contributed by atoms with van der Waals surface area (Å²) in [4.78, 5) is 23.2. The van der Waals surface area contributed by atoms with Crippen molar-refractivity contribution in [2.45, 2.75) is 0 Å². The van der Waals surface area contributed by atoms with Crippen LogP contribution in [0.1, 0.15) is 10.4 Å². The highest BCUT2D eigenvalue weighted by molar-refractivity contribution is 6.30. The fourth-order valence-electron chi connectivity index (χ4n) is 1.87. The minimum atomic E-state index is -0.711. The molecule has 2 rings (SSSR count). The van der Waals surface area contributed by atoms with Gasteiger partial charge in [-0.05, 0) is 30.3 Å². The summed E-state index contributed by atoms with van der Waals surface area (Å²) in [6.07, 6.45) is 0. The summed E-state index contributed by atoms with van der Waals surface area (Å²) in [5.41, 5.74) is 5.31. The Balaban J connectivity index is 2.07. The molecule has 126 valence electrons. The maximum atomic E-state index is 13.6. The Hall–Kier alpha value is -2.80. The Bertz CT molecular complexity index is 783. The summed E-state index contributed by atoms with van der Waals surface area (Å²) in [6, 6.07) is 8.23. The third-order valence-corrected chi connectivity index (χ3v) is 3.25. The van der Waals surface area contributed by atoms with Gasteiger partial charge < -0.3 is 20.5 Å². The lowest BCUT2D eigenvalue weighted by Gasteiger charge is -2.11. The van der Waals surface area contributed by atoms with E-state index in [9.17, 15) is 14.0 Å². The molecule has 0 aliphatic rings. The van der Waals surface area contributed by atoms with Crippen LogP contribution in [0.25, 0.3) is 0 Å². The molecule has 2 amide bonds. The molecule has 0 spiro atoms. The number of carbonyl (C=O) groups excluding carboxylic acids is 2. The van der Waals surface area contributed by atoms with Gasteiger partial charge in [-0.2, -0.15) is 0 Å². The summed E-state index contributed by atoms with van der Waals surface area (Å²) in [6.45, 7) is -0.449. The molecule has 24 heavy (non-hydrogen) atoms. The molecule has 0 heterocycles. The van der Waals surface area contributed by atoms with Crippen molar-refractivity contribution in [2.24, 2.45) is 5.73 Å². The van der Waals surface area contributed by atoms with E-state index in [1.807, 2.05) is 0 Å². The highest BCUT2D eigenvalue weighted by Gasteiger charge is 2.13. The number of benzene rings is 2. The predicted molar refractivity (Wildman–Crippen MR) is 87.0 cm³/mol. The highest BCUT2D eigenvalue weighted by Crippen LogP contribution is 2.25. The third kappa shape index (κ3) is 4.36. The van der Waals surface area contributed by atoms with Crippen LogP contribution in [0, 0.1) is 5.82 Å². The van der Waals surface area contributed by atoms with E-state index in [4.69, 9.17) is 26.8 Å². The van der Waals surface area contributed by atoms with Crippen molar-refractivity contribution in [2.75, 3.05) is 19.0 Å². The zero-order valence-electron chi connectivity index (χ0n) is 12.6. The van der Waals surface area contributed by atoms with E-state index < -0.39 is 24.2 Å². The molecule has 2 aromatic rings. The van der Waals surface area contributed by atoms with Gasteiger partial charge in [-0.15, -0.1) is 0 Å². The first-order chi connectivity index (χ1) is 11.4. The number of amides is 2. The topological polar surface area (TPSA) is 90.7 Å². The van der Waals surface area contributed by atoms with Gasteiger partial charge in [0.05, 0.1) is 18.4 Å². The molecular formula is C16H14ClFN2O4. The number of anilines is 1. The molecule has 0 aromatic heterocycles. The average molecular weight is 353 g/mol. The monoisotopic (exact) mass is 352 g/mol. The lowest BCUT2D eigenvalue weighted by molar-refractivity contribution is -0.118. The molecule has 6 nitrogen and oxygen atoms in total. The molecule has 0 atom stereocenters. The van der Waals surface area contributed by atoms with Crippen LogP contribution in [-0.4, -0.2) is 25.5 Å². The van der Waals surface area contributed by atoms with Crippen molar-refractivity contribution >= 4 is 29.1 Å². The van der Waals surface area contributed by atoms with Gasteiger partial charge in [0.15, 0.2) is 6.61 Å². The third-order valence-electron chi connectivity index (χ3n) is 3.02. The van der Waals surface area contributed by atoms with E-state index >= 15 is 0 Å². The lowest BCUT2D eigenvalue weighted by Crippen LogP contribution is -2.22. The molecule has 0 bridgehead atoms. The van der Waals surface area contributed by atoms with Gasteiger partial charge in [-0.25, -0.2) is 4.39 Å². The Morgan fingerprint density at radius 3 is 2.62 bits per heavy atom. The highest BCUT2D eigenvalue weighted by atomic mass is 35.5. The fraction of sp³-hybridized carbons (Fsp3) is 0.125. The van der Waals surface area contributed by atoms with Crippen LogP contribution in [0.5, 0.6) is 11.5 Å². The zero-order valence-corrected chi connectivity index (χ0v) is 13.4. The number of methoxy groups -OCH3 is 1. The largest absolute Gasteiger partial charge is 0.497 e. The van der Waals surface area contributed by atoms with Crippen LogP contribution in [0.2, 0.25) is 5.02 Å². The molecule has 2 aromatic carbocycles. The van der Waals surface area contributed by atoms with Gasteiger partial charge in [0.25, 0.3) is 11.8 Å². The minimum absolute atomic E-state index is 0.0335. The van der Waals surface area contributed by atoms with Crippen LogP contribution in [0.3, 0.4) is 0 Å². The molecule has 8 heteroatoms. The van der Waals surface area contributed by atoms with E-state index in [2.05, 4.69) is 5.32 Å². The van der Waals surface area contributed by atoms with Crippen molar-refractivity contribution in [3.8, 4) is 11.5 Å². The number of halogens is 2. The molecule has 0 fully saturated rings. The minimum Gasteiger partial charge on any atom is -0.497 e. The lowest BCUT2D eigenvalue weighted by atomic mass is 10.2. The normalized spacial score (nSPS) is 10.1. The maximum absolute atomic E-state index is 13.6. The first-order valence-corrected chi connectivity index (χ1v) is 7.14. The second-order valence-electron chi connectivity index (χ2n) is 4.69. The average Bonchev–Trinajstić information content (AvgIpc) is 2.55. The van der Waals surface area contributed by atoms with Crippen LogP contribution in [0.4, 0.5) is 10.1 Å². The van der Waals surface area contributed by atoms with Crippen molar-refractivity contribution in [3.05, 3.63) is 52.8 Å². The van der Waals surface area contributed by atoms with Crippen molar-refractivity contribution < 1.29 is 23.5 Å². The van der Waals surface area contributed by atoms with Crippen LogP contribution in [-0.2, 0) is 4.79 Å². The zero-order chi connectivity index (χ0) is 17.7. The van der Waals surface area contributed by atoms with Crippen LogP contribution < -0.4 is 20.5 Å². The van der Waals surface area contributed by atoms with E-state index in [0.717, 1.165) is 6.07 Å². The smallest absolute Gasteiger partial charge is 0.262 e. The predicted octanol–water partition coefficient (Wildman–Crippen LogP) is 2.60. The van der Waals surface area contributed by atoms with Crippen LogP contribution in [0.15, 0.2) is 36.4 Å². The first-order valence-electron chi connectivity index (χ1n) is 6.76. The Labute approximate surface area is 142 Å². The first kappa shape index (κ1) is 17.6. The quantitative estimate of drug-likeness (QED) is 0.836. The molecule has 0 aliphatic carbocycles. The Morgan fingerprint density at radius 1 is 1.25 bits per heavy atom. The molecular weight excluding hydrogens is 339 g/mol. The van der Waals surface area contributed by atoms with Gasteiger partial charge >= 0.3 is 0 Å². The molecule has 3 N–H and O–H groups in total. The summed E-state index contributed by atoms with van der Waals surface area (Å²) >= 11 is 5.64. The standard InChI is InChI=1S/C16H14ClFN2O4/c1-23-10-3-4-11(16(19)22)14(7-10)24-8-15(21)20-13-5-2-9(17)6-12(13)18/h2-7H,8H2,1H3,(H2,19,22)(H,20,21). The number of hydrogen-bond acceptors (Lipinski definition) is 4. The molecule has 0 radical (unpaired) electrons. The number of carbonyl (C=O) groups is 2. The van der Waals surface area contributed by atoms with E-state index in [1.54, 1.807) is 0 Å². The van der Waals surface area contributed by atoms with E-state index in [-0.39, 0.29) is 22.0 Å². The second-order valence-corrected chi connectivity index (χ2v) is 5.12. The van der Waals surface area contributed by atoms with Crippen molar-refractivity contribution in [1.82, 2.24) is 0 Å². The fourth-order valence-corrected chi connectivity index (χ4v) is 2.03. The van der Waals surface area contributed by atoms with Crippen molar-refractivity contribution in [1.29, 1.82) is 0 Å². The van der Waals surface area contributed by atoms with Crippen LogP contribution >= 0.6 is 11.6 Å². The van der Waals surface area contributed by atoms with Gasteiger partial charge in [-0.1, -0.05) is 11.6 Å². The number of nitrogens with one attached hydrogen (secondary N) is 1. The molecule has 0 saturated heterocycles. The van der Waals surface area contributed by atoms with Gasteiger partial charge in [0.1, 0.15) is 17.3 Å². The summed E-state index contributed by atoms with van der Waals surface area (Å²) < 4.78 is 23.9. The summed E-state index contributed by atoms with van der Waals surface area (Å²) in [7, 11) is 1.44. The maximum Gasteiger partial charge on any atom is 0.262 e. The van der Waals surface area contributed by atoms with E-state index in [1.165, 1.54) is 37.4 Å².